The normalized spacial score (nSPS) is 14.3. The molecule has 0 spiro atoms. The highest BCUT2D eigenvalue weighted by atomic mass is 32.2. The number of pyridine rings is 1. The van der Waals surface area contributed by atoms with Crippen LogP contribution in [0.15, 0.2) is 52.5 Å². The molecule has 1 aromatic carbocycles. The van der Waals surface area contributed by atoms with Gasteiger partial charge in [0.05, 0.1) is 16.3 Å². The molecular weight excluding hydrogens is 322 g/mol. The lowest BCUT2D eigenvalue weighted by molar-refractivity contribution is -0.113. The van der Waals surface area contributed by atoms with Crippen molar-refractivity contribution < 1.29 is 13.2 Å². The van der Waals surface area contributed by atoms with Crippen LogP contribution in [0.5, 0.6) is 0 Å². The first-order valence-corrected chi connectivity index (χ1v) is 8.97. The zero-order valence-electron chi connectivity index (χ0n) is 11.4. The zero-order chi connectivity index (χ0) is 15.6. The fourth-order valence-corrected chi connectivity index (χ4v) is 3.95. The van der Waals surface area contributed by atoms with Crippen LogP contribution in [-0.4, -0.2) is 25.1 Å². The molecule has 0 saturated heterocycles. The van der Waals surface area contributed by atoms with E-state index in [0.29, 0.717) is 11.4 Å². The third-order valence-corrected chi connectivity index (χ3v) is 5.54. The van der Waals surface area contributed by atoms with Gasteiger partial charge in [-0.25, -0.2) is 13.1 Å². The van der Waals surface area contributed by atoms with E-state index in [-0.39, 0.29) is 17.3 Å². The van der Waals surface area contributed by atoms with Gasteiger partial charge in [0.1, 0.15) is 0 Å². The Balaban J connectivity index is 1.79. The first kappa shape index (κ1) is 15.0. The lowest BCUT2D eigenvalue weighted by Gasteiger charge is -2.17. The van der Waals surface area contributed by atoms with Crippen molar-refractivity contribution >= 4 is 33.4 Å². The molecular formula is C14H13N3O3S2. The fraction of sp³-hybridized carbons (Fsp3) is 0.143. The van der Waals surface area contributed by atoms with E-state index in [1.54, 1.807) is 36.7 Å². The third-order valence-electron chi connectivity index (χ3n) is 3.09. The number of aromatic nitrogens is 1. The molecule has 2 heterocycles. The number of thioether (sulfide) groups is 1. The van der Waals surface area contributed by atoms with Crippen molar-refractivity contribution in [1.82, 2.24) is 9.71 Å². The average Bonchev–Trinajstić information content (AvgIpc) is 2.53. The highest BCUT2D eigenvalue weighted by Crippen LogP contribution is 2.33. The molecule has 0 fully saturated rings. The van der Waals surface area contributed by atoms with E-state index in [1.807, 2.05) is 0 Å². The fourth-order valence-electron chi connectivity index (χ4n) is 1.99. The number of nitrogens with one attached hydrogen (secondary N) is 2. The molecule has 1 aliphatic rings. The molecule has 0 aliphatic carbocycles. The van der Waals surface area contributed by atoms with Crippen LogP contribution in [0.25, 0.3) is 0 Å². The molecule has 1 amide bonds. The summed E-state index contributed by atoms with van der Waals surface area (Å²) in [5.74, 6) is 0.211. The van der Waals surface area contributed by atoms with E-state index in [1.165, 1.54) is 17.8 Å². The summed E-state index contributed by atoms with van der Waals surface area (Å²) in [6, 6.07) is 8.22. The molecule has 0 unspecified atom stereocenters. The highest BCUT2D eigenvalue weighted by molar-refractivity contribution is 8.00. The summed E-state index contributed by atoms with van der Waals surface area (Å²) in [6.45, 7) is 0.178. The van der Waals surface area contributed by atoms with Gasteiger partial charge in [0.25, 0.3) is 0 Å². The second kappa shape index (κ2) is 6.07. The molecule has 0 atom stereocenters. The number of amides is 1. The molecule has 0 bridgehead atoms. The molecule has 6 nitrogen and oxygen atoms in total. The summed E-state index contributed by atoms with van der Waals surface area (Å²) < 4.78 is 27.2. The lowest BCUT2D eigenvalue weighted by atomic mass is 10.3. The predicted molar refractivity (Wildman–Crippen MR) is 84.1 cm³/mol. The number of hydrogen-bond acceptors (Lipinski definition) is 5. The quantitative estimate of drug-likeness (QED) is 0.886. The minimum atomic E-state index is -3.61. The summed E-state index contributed by atoms with van der Waals surface area (Å²) in [5, 5.41) is 2.71. The predicted octanol–water partition coefficient (Wildman–Crippen LogP) is 1.60. The average molecular weight is 335 g/mol. The Hall–Kier alpha value is -1.90. The van der Waals surface area contributed by atoms with Crippen molar-refractivity contribution in [1.29, 1.82) is 0 Å². The summed E-state index contributed by atoms with van der Waals surface area (Å²) in [5.41, 5.74) is 1.43. The van der Waals surface area contributed by atoms with Crippen LogP contribution in [-0.2, 0) is 21.4 Å². The first-order chi connectivity index (χ1) is 10.5. The summed E-state index contributed by atoms with van der Waals surface area (Å²) in [7, 11) is -3.61. The molecule has 0 saturated carbocycles. The molecule has 2 N–H and O–H groups in total. The van der Waals surface area contributed by atoms with E-state index in [4.69, 9.17) is 0 Å². The second-order valence-electron chi connectivity index (χ2n) is 4.68. The Kier molecular flexibility index (Phi) is 4.14. The minimum absolute atomic E-state index is 0.0807. The van der Waals surface area contributed by atoms with Gasteiger partial charge in [-0.3, -0.25) is 9.78 Å². The molecule has 3 rings (SSSR count). The summed E-state index contributed by atoms with van der Waals surface area (Å²) in [4.78, 5) is 16.2. The Labute approximate surface area is 132 Å². The van der Waals surface area contributed by atoms with Gasteiger partial charge in [0, 0.05) is 23.8 Å². The number of fused-ring (bicyclic) bond motifs is 1. The van der Waals surface area contributed by atoms with Crippen molar-refractivity contribution in [3.8, 4) is 0 Å². The topological polar surface area (TPSA) is 88.2 Å². The van der Waals surface area contributed by atoms with E-state index >= 15 is 0 Å². The minimum Gasteiger partial charge on any atom is -0.324 e. The molecule has 1 aliphatic heterocycles. The van der Waals surface area contributed by atoms with Crippen LogP contribution in [0.3, 0.4) is 0 Å². The number of nitrogens with zero attached hydrogens (tertiary/aromatic N) is 1. The number of carbonyl (C=O) groups is 1. The molecule has 8 heteroatoms. The zero-order valence-corrected chi connectivity index (χ0v) is 13.1. The van der Waals surface area contributed by atoms with Gasteiger partial charge in [0.2, 0.25) is 15.9 Å². The molecule has 0 radical (unpaired) electrons. The highest BCUT2D eigenvalue weighted by Gasteiger charge is 2.20. The van der Waals surface area contributed by atoms with Crippen molar-refractivity contribution in [2.45, 2.75) is 16.3 Å². The van der Waals surface area contributed by atoms with E-state index < -0.39 is 10.0 Å². The maximum atomic E-state index is 12.3. The molecule has 22 heavy (non-hydrogen) atoms. The maximum absolute atomic E-state index is 12.3. The van der Waals surface area contributed by atoms with Crippen LogP contribution in [0.2, 0.25) is 0 Å². The van der Waals surface area contributed by atoms with Crippen LogP contribution in [0.1, 0.15) is 5.56 Å². The van der Waals surface area contributed by atoms with Gasteiger partial charge >= 0.3 is 0 Å². The van der Waals surface area contributed by atoms with Gasteiger partial charge in [-0.2, -0.15) is 0 Å². The smallest absolute Gasteiger partial charge is 0.240 e. The van der Waals surface area contributed by atoms with Crippen molar-refractivity contribution in [2.75, 3.05) is 11.1 Å². The Morgan fingerprint density at radius 1 is 1.32 bits per heavy atom. The van der Waals surface area contributed by atoms with Crippen LogP contribution in [0.4, 0.5) is 5.69 Å². The van der Waals surface area contributed by atoms with Crippen LogP contribution < -0.4 is 10.0 Å². The van der Waals surface area contributed by atoms with Gasteiger partial charge in [-0.1, -0.05) is 6.07 Å². The number of carbonyl (C=O) groups excluding carboxylic acids is 1. The number of hydrogen-bond donors (Lipinski definition) is 2. The van der Waals surface area contributed by atoms with E-state index in [2.05, 4.69) is 15.0 Å². The van der Waals surface area contributed by atoms with Gasteiger partial charge in [-0.15, -0.1) is 11.8 Å². The maximum Gasteiger partial charge on any atom is 0.240 e. The lowest BCUT2D eigenvalue weighted by Crippen LogP contribution is -2.24. The van der Waals surface area contributed by atoms with Gasteiger partial charge in [0.15, 0.2) is 0 Å². The van der Waals surface area contributed by atoms with Gasteiger partial charge < -0.3 is 5.32 Å². The van der Waals surface area contributed by atoms with E-state index in [9.17, 15) is 13.2 Å². The third kappa shape index (κ3) is 3.29. The van der Waals surface area contributed by atoms with Crippen LogP contribution in [0, 0.1) is 0 Å². The number of anilines is 1. The number of rotatable bonds is 4. The largest absolute Gasteiger partial charge is 0.324 e. The summed E-state index contributed by atoms with van der Waals surface area (Å²) >= 11 is 1.33. The second-order valence-corrected chi connectivity index (χ2v) is 7.46. The Morgan fingerprint density at radius 2 is 2.18 bits per heavy atom. The first-order valence-electron chi connectivity index (χ1n) is 6.50. The van der Waals surface area contributed by atoms with Gasteiger partial charge in [-0.05, 0) is 29.8 Å². The standard InChI is InChI=1S/C14H13N3O3S2/c18-14-9-21-13-6-11(3-4-12(13)17-14)22(19,20)16-8-10-2-1-5-15-7-10/h1-7,16H,8-9H2,(H,17,18). The molecule has 1 aromatic heterocycles. The van der Waals surface area contributed by atoms with Crippen molar-refractivity contribution in [2.24, 2.45) is 0 Å². The number of sulfonamides is 1. The van der Waals surface area contributed by atoms with Crippen molar-refractivity contribution in [3.05, 3.63) is 48.3 Å². The number of benzene rings is 1. The molecule has 2 aromatic rings. The Morgan fingerprint density at radius 3 is 2.95 bits per heavy atom. The summed E-state index contributed by atoms with van der Waals surface area (Å²) in [6.07, 6.45) is 3.24. The van der Waals surface area contributed by atoms with Crippen molar-refractivity contribution in [3.63, 3.8) is 0 Å². The monoisotopic (exact) mass is 335 g/mol. The van der Waals surface area contributed by atoms with Crippen LogP contribution >= 0.6 is 11.8 Å². The van der Waals surface area contributed by atoms with E-state index in [0.717, 1.165) is 10.5 Å². The SMILES string of the molecule is O=C1CSc2cc(S(=O)(=O)NCc3cccnc3)ccc2N1. The Bertz CT molecular complexity index is 807. The molecule has 114 valence electrons.